The van der Waals surface area contributed by atoms with Gasteiger partial charge < -0.3 is 10.2 Å². The number of hydrogen-bond acceptors (Lipinski definition) is 4. The third-order valence-electron chi connectivity index (χ3n) is 4.49. The lowest BCUT2D eigenvalue weighted by molar-refractivity contribution is -0.122. The predicted molar refractivity (Wildman–Crippen MR) is 89.3 cm³/mol. The molecular formula is C17H16FN3O2S. The van der Waals surface area contributed by atoms with Gasteiger partial charge in [-0.05, 0) is 42.6 Å². The molecule has 124 valence electrons. The fourth-order valence-corrected chi connectivity index (χ4v) is 4.09. The van der Waals surface area contributed by atoms with Gasteiger partial charge in [-0.3, -0.25) is 4.79 Å². The standard InChI is InChI=1S/C17H16FN3O2S/c18-11-3-1-4-12(9-11)21-16(22)15-14(6-7-19-15)20(17(21)23)10-13-5-2-8-24-13/h1-5,8-9,14-15,19H,6-7,10H2. The number of nitrogens with one attached hydrogen (secondary N) is 1. The summed E-state index contributed by atoms with van der Waals surface area (Å²) in [6, 6.07) is 8.52. The van der Waals surface area contributed by atoms with Crippen LogP contribution in [0.5, 0.6) is 0 Å². The first-order chi connectivity index (χ1) is 11.6. The maximum atomic E-state index is 13.6. The number of amides is 3. The average Bonchev–Trinajstić information content (AvgIpc) is 3.23. The molecule has 3 heterocycles. The molecule has 24 heavy (non-hydrogen) atoms. The van der Waals surface area contributed by atoms with E-state index in [-0.39, 0.29) is 23.7 Å². The second kappa shape index (κ2) is 5.99. The average molecular weight is 345 g/mol. The molecule has 1 aromatic carbocycles. The minimum absolute atomic E-state index is 0.156. The molecule has 4 rings (SSSR count). The highest BCUT2D eigenvalue weighted by Gasteiger charge is 2.49. The van der Waals surface area contributed by atoms with E-state index in [1.54, 1.807) is 22.3 Å². The SMILES string of the molecule is O=C1C2NCCC2N(Cc2cccs2)C(=O)N1c1cccc(F)c1. The lowest BCUT2D eigenvalue weighted by Gasteiger charge is -2.41. The van der Waals surface area contributed by atoms with Gasteiger partial charge in [-0.2, -0.15) is 0 Å². The van der Waals surface area contributed by atoms with Crippen LogP contribution in [0.25, 0.3) is 0 Å². The van der Waals surface area contributed by atoms with Crippen LogP contribution in [0.3, 0.4) is 0 Å². The van der Waals surface area contributed by atoms with Gasteiger partial charge in [-0.25, -0.2) is 14.1 Å². The summed E-state index contributed by atoms with van der Waals surface area (Å²) in [4.78, 5) is 29.7. The molecular weight excluding hydrogens is 329 g/mol. The van der Waals surface area contributed by atoms with Gasteiger partial charge in [0, 0.05) is 4.88 Å². The van der Waals surface area contributed by atoms with Gasteiger partial charge in [-0.1, -0.05) is 12.1 Å². The Morgan fingerprint density at radius 3 is 2.88 bits per heavy atom. The summed E-state index contributed by atoms with van der Waals surface area (Å²) >= 11 is 1.58. The topological polar surface area (TPSA) is 52.7 Å². The quantitative estimate of drug-likeness (QED) is 0.930. The summed E-state index contributed by atoms with van der Waals surface area (Å²) in [6.45, 7) is 1.14. The van der Waals surface area contributed by atoms with Crippen molar-refractivity contribution in [2.45, 2.75) is 25.0 Å². The van der Waals surface area contributed by atoms with Crippen LogP contribution < -0.4 is 10.2 Å². The third kappa shape index (κ3) is 2.50. The Hall–Kier alpha value is -2.25. The van der Waals surface area contributed by atoms with Gasteiger partial charge in [0.15, 0.2) is 0 Å². The van der Waals surface area contributed by atoms with E-state index in [1.807, 2.05) is 17.5 Å². The number of carbonyl (C=O) groups is 2. The van der Waals surface area contributed by atoms with Crippen molar-refractivity contribution in [3.05, 3.63) is 52.5 Å². The highest BCUT2D eigenvalue weighted by atomic mass is 32.1. The molecule has 5 nitrogen and oxygen atoms in total. The second-order valence-electron chi connectivity index (χ2n) is 5.93. The second-order valence-corrected chi connectivity index (χ2v) is 6.96. The van der Waals surface area contributed by atoms with Crippen LogP contribution in [-0.2, 0) is 11.3 Å². The zero-order valence-corrected chi connectivity index (χ0v) is 13.6. The fourth-order valence-electron chi connectivity index (χ4n) is 3.39. The first-order valence-corrected chi connectivity index (χ1v) is 8.69. The van der Waals surface area contributed by atoms with Crippen LogP contribution in [0, 0.1) is 5.82 Å². The number of fused-ring (bicyclic) bond motifs is 1. The number of anilines is 1. The molecule has 2 atom stereocenters. The molecule has 1 aromatic heterocycles. The van der Waals surface area contributed by atoms with Gasteiger partial charge in [0.05, 0.1) is 18.3 Å². The molecule has 1 N–H and O–H groups in total. The molecule has 0 saturated carbocycles. The van der Waals surface area contributed by atoms with Crippen molar-refractivity contribution < 1.29 is 14.0 Å². The number of nitrogens with zero attached hydrogens (tertiary/aromatic N) is 2. The third-order valence-corrected chi connectivity index (χ3v) is 5.35. The van der Waals surface area contributed by atoms with Crippen LogP contribution in [-0.4, -0.2) is 35.5 Å². The molecule has 0 spiro atoms. The van der Waals surface area contributed by atoms with Crippen molar-refractivity contribution in [2.24, 2.45) is 0 Å². The molecule has 2 saturated heterocycles. The monoisotopic (exact) mass is 345 g/mol. The first kappa shape index (κ1) is 15.3. The Balaban J connectivity index is 1.71. The highest BCUT2D eigenvalue weighted by molar-refractivity contribution is 7.09. The Morgan fingerprint density at radius 2 is 2.12 bits per heavy atom. The summed E-state index contributed by atoms with van der Waals surface area (Å²) in [5, 5.41) is 5.14. The molecule has 0 bridgehead atoms. The maximum absolute atomic E-state index is 13.6. The van der Waals surface area contributed by atoms with Gasteiger partial charge in [0.1, 0.15) is 11.9 Å². The van der Waals surface area contributed by atoms with Gasteiger partial charge in [0.2, 0.25) is 0 Å². The molecule has 2 unspecified atom stereocenters. The van der Waals surface area contributed by atoms with E-state index in [4.69, 9.17) is 0 Å². The Kier molecular flexibility index (Phi) is 3.82. The molecule has 2 aliphatic rings. The summed E-state index contributed by atoms with van der Waals surface area (Å²) in [5.41, 5.74) is 0.272. The molecule has 2 fully saturated rings. The summed E-state index contributed by atoms with van der Waals surface area (Å²) < 4.78 is 13.6. The van der Waals surface area contributed by atoms with Gasteiger partial charge >= 0.3 is 6.03 Å². The Morgan fingerprint density at radius 1 is 1.25 bits per heavy atom. The van der Waals surface area contributed by atoms with E-state index in [0.717, 1.165) is 16.2 Å². The normalized spacial score (nSPS) is 23.7. The summed E-state index contributed by atoms with van der Waals surface area (Å²) in [6.07, 6.45) is 0.741. The van der Waals surface area contributed by atoms with Crippen LogP contribution in [0.1, 0.15) is 11.3 Å². The van der Waals surface area contributed by atoms with Crippen LogP contribution in [0.4, 0.5) is 14.9 Å². The summed E-state index contributed by atoms with van der Waals surface area (Å²) in [5.74, 6) is -0.782. The fraction of sp³-hybridized carbons (Fsp3) is 0.294. The Bertz CT molecular complexity index is 780. The number of hydrogen-bond donors (Lipinski definition) is 1. The maximum Gasteiger partial charge on any atom is 0.332 e. The van der Waals surface area contributed by atoms with E-state index in [2.05, 4.69) is 5.32 Å². The molecule has 2 aliphatic heterocycles. The number of rotatable bonds is 3. The van der Waals surface area contributed by atoms with Crippen molar-refractivity contribution in [2.75, 3.05) is 11.4 Å². The molecule has 3 amide bonds. The van der Waals surface area contributed by atoms with Crippen molar-refractivity contribution in [1.82, 2.24) is 10.2 Å². The largest absolute Gasteiger partial charge is 0.332 e. The van der Waals surface area contributed by atoms with Crippen molar-refractivity contribution in [3.63, 3.8) is 0 Å². The van der Waals surface area contributed by atoms with Crippen LogP contribution in [0.2, 0.25) is 0 Å². The number of imide groups is 1. The lowest BCUT2D eigenvalue weighted by Crippen LogP contribution is -2.64. The highest BCUT2D eigenvalue weighted by Crippen LogP contribution is 2.30. The lowest BCUT2D eigenvalue weighted by atomic mass is 10.0. The summed E-state index contributed by atoms with van der Waals surface area (Å²) in [7, 11) is 0. The number of halogens is 1. The zero-order valence-electron chi connectivity index (χ0n) is 12.8. The molecule has 0 radical (unpaired) electrons. The smallest absolute Gasteiger partial charge is 0.314 e. The van der Waals surface area contributed by atoms with E-state index >= 15 is 0 Å². The van der Waals surface area contributed by atoms with E-state index < -0.39 is 11.9 Å². The minimum Gasteiger partial charge on any atom is -0.314 e. The number of benzene rings is 1. The van der Waals surface area contributed by atoms with Crippen LogP contribution >= 0.6 is 11.3 Å². The van der Waals surface area contributed by atoms with E-state index in [9.17, 15) is 14.0 Å². The molecule has 0 aliphatic carbocycles. The molecule has 2 aromatic rings. The Labute approximate surface area is 142 Å². The zero-order chi connectivity index (χ0) is 16.7. The molecule has 7 heteroatoms. The minimum atomic E-state index is -0.473. The number of thiophene rings is 1. The predicted octanol–water partition coefficient (Wildman–Crippen LogP) is 2.59. The van der Waals surface area contributed by atoms with Crippen molar-refractivity contribution >= 4 is 29.0 Å². The van der Waals surface area contributed by atoms with Gasteiger partial charge in [-0.15, -0.1) is 11.3 Å². The van der Waals surface area contributed by atoms with Crippen molar-refractivity contribution in [1.29, 1.82) is 0 Å². The number of urea groups is 1. The van der Waals surface area contributed by atoms with E-state index in [0.29, 0.717) is 13.1 Å². The van der Waals surface area contributed by atoms with Crippen molar-refractivity contribution in [3.8, 4) is 0 Å². The number of carbonyl (C=O) groups excluding carboxylic acids is 2. The first-order valence-electron chi connectivity index (χ1n) is 7.81. The van der Waals surface area contributed by atoms with E-state index in [1.165, 1.54) is 18.2 Å². The van der Waals surface area contributed by atoms with Gasteiger partial charge in [0.25, 0.3) is 5.91 Å². The van der Waals surface area contributed by atoms with Crippen LogP contribution in [0.15, 0.2) is 41.8 Å².